The van der Waals surface area contributed by atoms with E-state index in [4.69, 9.17) is 16.3 Å². The van der Waals surface area contributed by atoms with E-state index in [0.29, 0.717) is 11.3 Å². The van der Waals surface area contributed by atoms with E-state index < -0.39 is 4.29 Å². The lowest BCUT2D eigenvalue weighted by Gasteiger charge is -2.12. The standard InChI is InChI=1S/C11H12BrClO2/c1-6-4-7(2)10(15-3)8(5-6)9(14)11(12)13/h4-5,11H,1-3H3. The Kier molecular flexibility index (Phi) is 4.17. The van der Waals surface area contributed by atoms with Crippen molar-refractivity contribution in [3.63, 3.8) is 0 Å². The van der Waals surface area contributed by atoms with Gasteiger partial charge in [0.05, 0.1) is 12.7 Å². The Morgan fingerprint density at radius 3 is 2.53 bits per heavy atom. The van der Waals surface area contributed by atoms with E-state index in [1.54, 1.807) is 13.2 Å². The number of carbonyl (C=O) groups is 1. The van der Waals surface area contributed by atoms with Crippen molar-refractivity contribution < 1.29 is 9.53 Å². The van der Waals surface area contributed by atoms with Crippen molar-refractivity contribution in [2.45, 2.75) is 18.1 Å². The van der Waals surface area contributed by atoms with Gasteiger partial charge in [-0.3, -0.25) is 4.79 Å². The first kappa shape index (κ1) is 12.5. The van der Waals surface area contributed by atoms with E-state index in [-0.39, 0.29) is 5.78 Å². The van der Waals surface area contributed by atoms with Crippen molar-refractivity contribution in [3.8, 4) is 5.75 Å². The molecule has 4 heteroatoms. The lowest BCUT2D eigenvalue weighted by molar-refractivity contribution is 0.101. The maximum absolute atomic E-state index is 11.8. The topological polar surface area (TPSA) is 26.3 Å². The third-order valence-electron chi connectivity index (χ3n) is 2.09. The third kappa shape index (κ3) is 2.73. The molecule has 0 fully saturated rings. The van der Waals surface area contributed by atoms with Gasteiger partial charge in [-0.1, -0.05) is 22.0 Å². The predicted molar refractivity (Wildman–Crippen MR) is 65.4 cm³/mol. The summed E-state index contributed by atoms with van der Waals surface area (Å²) in [6.07, 6.45) is 0. The molecule has 0 saturated heterocycles. The second-order valence-electron chi connectivity index (χ2n) is 3.33. The Morgan fingerprint density at radius 2 is 2.07 bits per heavy atom. The first-order valence-electron chi connectivity index (χ1n) is 4.45. The van der Waals surface area contributed by atoms with Crippen molar-refractivity contribution in [1.29, 1.82) is 0 Å². The van der Waals surface area contributed by atoms with Crippen LogP contribution < -0.4 is 4.74 Å². The van der Waals surface area contributed by atoms with Crippen molar-refractivity contribution in [1.82, 2.24) is 0 Å². The van der Waals surface area contributed by atoms with Gasteiger partial charge in [0.1, 0.15) is 5.75 Å². The largest absolute Gasteiger partial charge is 0.496 e. The molecule has 1 aromatic carbocycles. The number of benzene rings is 1. The molecule has 0 aromatic heterocycles. The summed E-state index contributed by atoms with van der Waals surface area (Å²) < 4.78 is 4.49. The SMILES string of the molecule is COc1c(C)cc(C)cc1C(=O)C(Cl)Br. The number of rotatable bonds is 3. The summed E-state index contributed by atoms with van der Waals surface area (Å²) in [5.74, 6) is 0.413. The van der Waals surface area contributed by atoms with Crippen LogP contribution in [0, 0.1) is 13.8 Å². The number of Topliss-reactive ketones (excluding diaryl/α,β-unsaturated/α-hetero) is 1. The summed E-state index contributed by atoms with van der Waals surface area (Å²) >= 11 is 8.76. The fourth-order valence-electron chi connectivity index (χ4n) is 1.53. The average Bonchev–Trinajstić information content (AvgIpc) is 2.15. The van der Waals surface area contributed by atoms with Gasteiger partial charge >= 0.3 is 0 Å². The zero-order valence-electron chi connectivity index (χ0n) is 8.80. The average molecular weight is 292 g/mol. The van der Waals surface area contributed by atoms with Crippen LogP contribution in [0.2, 0.25) is 0 Å². The summed E-state index contributed by atoms with van der Waals surface area (Å²) in [6, 6.07) is 3.75. The molecule has 0 aliphatic carbocycles. The molecule has 1 unspecified atom stereocenters. The highest BCUT2D eigenvalue weighted by atomic mass is 79.9. The number of carbonyl (C=O) groups excluding carboxylic acids is 1. The van der Waals surface area contributed by atoms with E-state index in [0.717, 1.165) is 11.1 Å². The first-order chi connectivity index (χ1) is 6.97. The molecule has 0 N–H and O–H groups in total. The first-order valence-corrected chi connectivity index (χ1v) is 5.80. The van der Waals surface area contributed by atoms with Gasteiger partial charge in [0.25, 0.3) is 0 Å². The van der Waals surface area contributed by atoms with E-state index >= 15 is 0 Å². The summed E-state index contributed by atoms with van der Waals surface area (Å²) in [7, 11) is 1.55. The quantitative estimate of drug-likeness (QED) is 0.630. The summed E-state index contributed by atoms with van der Waals surface area (Å²) in [6.45, 7) is 3.83. The lowest BCUT2D eigenvalue weighted by Crippen LogP contribution is -2.10. The molecule has 0 saturated carbocycles. The fraction of sp³-hybridized carbons (Fsp3) is 0.364. The molecule has 1 rings (SSSR count). The van der Waals surface area contributed by atoms with Gasteiger partial charge < -0.3 is 4.74 Å². The highest BCUT2D eigenvalue weighted by Gasteiger charge is 2.19. The summed E-state index contributed by atoms with van der Waals surface area (Å²) in [4.78, 5) is 11.8. The van der Waals surface area contributed by atoms with Gasteiger partial charge in [-0.2, -0.15) is 0 Å². The van der Waals surface area contributed by atoms with Crippen LogP contribution in [0.1, 0.15) is 21.5 Å². The van der Waals surface area contributed by atoms with E-state index in [1.165, 1.54) is 0 Å². The number of aryl methyl sites for hydroxylation is 2. The highest BCUT2D eigenvalue weighted by Crippen LogP contribution is 2.28. The van der Waals surface area contributed by atoms with Crippen LogP contribution in [0.25, 0.3) is 0 Å². The van der Waals surface area contributed by atoms with Crippen LogP contribution >= 0.6 is 27.5 Å². The van der Waals surface area contributed by atoms with Gasteiger partial charge in [0, 0.05) is 0 Å². The van der Waals surface area contributed by atoms with Crippen LogP contribution in [-0.4, -0.2) is 17.2 Å². The van der Waals surface area contributed by atoms with E-state index in [1.807, 2.05) is 19.9 Å². The Labute approximate surface area is 103 Å². The van der Waals surface area contributed by atoms with E-state index in [2.05, 4.69) is 15.9 Å². The third-order valence-corrected chi connectivity index (χ3v) is 2.70. The number of alkyl halides is 2. The minimum absolute atomic E-state index is 0.180. The fourth-order valence-corrected chi connectivity index (χ4v) is 1.89. The van der Waals surface area contributed by atoms with Gasteiger partial charge in [0.2, 0.25) is 0 Å². The van der Waals surface area contributed by atoms with Gasteiger partial charge in [-0.05, 0) is 31.0 Å². The van der Waals surface area contributed by atoms with Gasteiger partial charge in [-0.25, -0.2) is 0 Å². The second-order valence-corrected chi connectivity index (χ2v) is 5.21. The maximum atomic E-state index is 11.8. The normalized spacial score (nSPS) is 12.3. The number of hydrogen-bond donors (Lipinski definition) is 0. The second kappa shape index (κ2) is 4.99. The van der Waals surface area contributed by atoms with Crippen molar-refractivity contribution in [2.75, 3.05) is 7.11 Å². The zero-order valence-corrected chi connectivity index (χ0v) is 11.1. The van der Waals surface area contributed by atoms with Crippen LogP contribution in [0.3, 0.4) is 0 Å². The molecule has 82 valence electrons. The van der Waals surface area contributed by atoms with Crippen molar-refractivity contribution >= 4 is 33.3 Å². The lowest BCUT2D eigenvalue weighted by atomic mass is 10.0. The van der Waals surface area contributed by atoms with Crippen LogP contribution in [0.5, 0.6) is 5.75 Å². The monoisotopic (exact) mass is 290 g/mol. The van der Waals surface area contributed by atoms with Crippen molar-refractivity contribution in [3.05, 3.63) is 28.8 Å². The number of hydrogen-bond acceptors (Lipinski definition) is 2. The van der Waals surface area contributed by atoms with Crippen molar-refractivity contribution in [2.24, 2.45) is 0 Å². The number of methoxy groups -OCH3 is 1. The molecule has 2 nitrogen and oxygen atoms in total. The summed E-state index contributed by atoms with van der Waals surface area (Å²) in [5.41, 5.74) is 2.47. The predicted octanol–water partition coefficient (Wildman–Crippen LogP) is 3.45. The molecule has 1 aromatic rings. The number of ether oxygens (including phenoxy) is 1. The van der Waals surface area contributed by atoms with Gasteiger partial charge in [0.15, 0.2) is 10.1 Å². The van der Waals surface area contributed by atoms with E-state index in [9.17, 15) is 4.79 Å². The maximum Gasteiger partial charge on any atom is 0.195 e. The van der Waals surface area contributed by atoms with Crippen LogP contribution in [-0.2, 0) is 0 Å². The molecular weight excluding hydrogens is 279 g/mol. The molecule has 0 bridgehead atoms. The van der Waals surface area contributed by atoms with Crippen LogP contribution in [0.4, 0.5) is 0 Å². The minimum Gasteiger partial charge on any atom is -0.496 e. The Morgan fingerprint density at radius 1 is 1.47 bits per heavy atom. The molecule has 0 amide bonds. The Balaban J connectivity index is 3.32. The number of halogens is 2. The molecule has 1 atom stereocenters. The Bertz CT molecular complexity index is 388. The summed E-state index contributed by atoms with van der Waals surface area (Å²) in [5, 5.41) is 0. The highest BCUT2D eigenvalue weighted by molar-refractivity contribution is 9.10. The molecular formula is C11H12BrClO2. The minimum atomic E-state index is -0.715. The number of ketones is 1. The molecule has 0 aliphatic heterocycles. The Hall–Kier alpha value is -0.540. The molecule has 0 aliphatic rings. The molecule has 0 heterocycles. The molecule has 0 radical (unpaired) electrons. The zero-order chi connectivity index (χ0) is 11.6. The van der Waals surface area contributed by atoms with Gasteiger partial charge in [-0.15, -0.1) is 11.6 Å². The molecule has 15 heavy (non-hydrogen) atoms. The molecule has 0 spiro atoms. The smallest absolute Gasteiger partial charge is 0.195 e. The van der Waals surface area contributed by atoms with Crippen LogP contribution in [0.15, 0.2) is 12.1 Å².